The van der Waals surface area contributed by atoms with Crippen molar-refractivity contribution in [2.45, 2.75) is 13.8 Å². The summed E-state index contributed by atoms with van der Waals surface area (Å²) in [6.45, 7) is 4.24. The maximum absolute atomic E-state index is 6.54. The number of pyridine rings is 3. The number of fused-ring (bicyclic) bond motifs is 5. The highest BCUT2D eigenvalue weighted by atomic mass is 16.5. The van der Waals surface area contributed by atoms with E-state index in [0.717, 1.165) is 61.1 Å². The zero-order valence-electron chi connectivity index (χ0n) is 24.4. The van der Waals surface area contributed by atoms with Crippen LogP contribution in [-0.4, -0.2) is 19.4 Å². The summed E-state index contributed by atoms with van der Waals surface area (Å²) in [5.74, 6) is 1.02. The number of para-hydroxylation sites is 2. The summed E-state index contributed by atoms with van der Waals surface area (Å²) in [7, 11) is 0. The number of benzene rings is 4. The lowest BCUT2D eigenvalue weighted by Crippen LogP contribution is -1.98. The second-order valence-electron chi connectivity index (χ2n) is 11.1. The lowest BCUT2D eigenvalue weighted by atomic mass is 9.96. The third-order valence-electron chi connectivity index (χ3n) is 8.19. The topological polar surface area (TPSA) is 52.3 Å². The molecule has 4 heterocycles. The van der Waals surface area contributed by atoms with Crippen molar-refractivity contribution < 1.29 is 4.74 Å². The van der Waals surface area contributed by atoms with Crippen molar-refractivity contribution in [2.24, 2.45) is 0 Å². The first-order chi connectivity index (χ1) is 21.6. The molecule has 0 saturated heterocycles. The molecule has 4 aromatic carbocycles. The van der Waals surface area contributed by atoms with Crippen LogP contribution in [0.5, 0.6) is 11.8 Å². The van der Waals surface area contributed by atoms with Gasteiger partial charge in [-0.25, -0.2) is 15.0 Å². The third-order valence-corrected chi connectivity index (χ3v) is 8.19. The predicted octanol–water partition coefficient (Wildman–Crippen LogP) is 9.84. The largest absolute Gasteiger partial charge is 0.420 e. The van der Waals surface area contributed by atoms with E-state index in [1.54, 1.807) is 0 Å². The summed E-state index contributed by atoms with van der Waals surface area (Å²) in [4.78, 5) is 14.9. The van der Waals surface area contributed by atoms with Crippen LogP contribution < -0.4 is 4.74 Å². The lowest BCUT2D eigenvalue weighted by molar-refractivity contribution is 0.448. The molecule has 0 atom stereocenters. The molecule has 0 aliphatic rings. The van der Waals surface area contributed by atoms with Crippen molar-refractivity contribution in [3.05, 3.63) is 145 Å². The van der Waals surface area contributed by atoms with Gasteiger partial charge in [-0.2, -0.15) is 0 Å². The highest BCUT2D eigenvalue weighted by Gasteiger charge is 2.17. The normalized spacial score (nSPS) is 11.4. The Labute approximate surface area is 255 Å². The fourth-order valence-corrected chi connectivity index (χ4v) is 6.05. The maximum Gasteiger partial charge on any atom is 0.229 e. The van der Waals surface area contributed by atoms with Crippen LogP contribution in [0, 0.1) is 13.8 Å². The van der Waals surface area contributed by atoms with E-state index in [-0.39, 0.29) is 0 Å². The third kappa shape index (κ3) is 4.46. The molecule has 0 aliphatic carbocycles. The molecule has 8 rings (SSSR count). The van der Waals surface area contributed by atoms with Gasteiger partial charge in [-0.05, 0) is 84.5 Å². The van der Waals surface area contributed by atoms with Gasteiger partial charge in [-0.1, -0.05) is 72.8 Å². The Balaban J connectivity index is 1.20. The van der Waals surface area contributed by atoms with Crippen LogP contribution in [0.25, 0.3) is 61.1 Å². The van der Waals surface area contributed by atoms with Gasteiger partial charge in [0, 0.05) is 34.3 Å². The van der Waals surface area contributed by atoms with Crippen molar-refractivity contribution in [3.8, 4) is 45.4 Å². The number of hydrogen-bond acceptors (Lipinski definition) is 4. The first-order valence-electron chi connectivity index (χ1n) is 14.7. The minimum Gasteiger partial charge on any atom is -0.420 e. The first-order valence-corrected chi connectivity index (χ1v) is 14.7. The highest BCUT2D eigenvalue weighted by Crippen LogP contribution is 2.38. The zero-order chi connectivity index (χ0) is 29.6. The number of rotatable bonds is 5. The molecule has 0 saturated carbocycles. The highest BCUT2D eigenvalue weighted by molar-refractivity contribution is 5.99. The molecule has 0 N–H and O–H groups in total. The van der Waals surface area contributed by atoms with Gasteiger partial charge < -0.3 is 4.74 Å². The van der Waals surface area contributed by atoms with E-state index in [1.165, 1.54) is 11.1 Å². The van der Waals surface area contributed by atoms with Gasteiger partial charge >= 0.3 is 0 Å². The van der Waals surface area contributed by atoms with E-state index in [2.05, 4.69) is 97.2 Å². The molecule has 4 aromatic heterocycles. The van der Waals surface area contributed by atoms with Gasteiger partial charge in [0.25, 0.3) is 0 Å². The number of hydrogen-bond donors (Lipinski definition) is 0. The summed E-state index contributed by atoms with van der Waals surface area (Å²) in [6, 6.07) is 43.3. The SMILES string of the molecule is Cc1cccc(C)c1-c1ccc(-c2ccccc2)nc1Oc1cccc(-c2ccc3c(ccn4c5ccccc5nc34)c2)n1. The number of aryl methyl sites for hydroxylation is 2. The molecular weight excluding hydrogens is 540 g/mol. The molecular formula is C39H28N4O. The summed E-state index contributed by atoms with van der Waals surface area (Å²) in [6.07, 6.45) is 2.09. The molecule has 0 unspecified atom stereocenters. The van der Waals surface area contributed by atoms with E-state index in [9.17, 15) is 0 Å². The zero-order valence-corrected chi connectivity index (χ0v) is 24.4. The molecule has 0 radical (unpaired) electrons. The molecule has 44 heavy (non-hydrogen) atoms. The molecule has 5 heteroatoms. The average Bonchev–Trinajstić information content (AvgIpc) is 3.45. The van der Waals surface area contributed by atoms with E-state index >= 15 is 0 Å². The maximum atomic E-state index is 6.54. The Morgan fingerprint density at radius 3 is 2.23 bits per heavy atom. The first kappa shape index (κ1) is 25.9. The monoisotopic (exact) mass is 568 g/mol. The van der Waals surface area contributed by atoms with Crippen molar-refractivity contribution in [1.82, 2.24) is 19.4 Å². The second kappa shape index (κ2) is 10.5. The molecule has 0 amide bonds. The van der Waals surface area contributed by atoms with Gasteiger partial charge in [-0.3, -0.25) is 4.40 Å². The van der Waals surface area contributed by atoms with Crippen molar-refractivity contribution in [3.63, 3.8) is 0 Å². The summed E-state index contributed by atoms with van der Waals surface area (Å²) >= 11 is 0. The van der Waals surface area contributed by atoms with Crippen LogP contribution in [0.1, 0.15) is 11.1 Å². The van der Waals surface area contributed by atoms with E-state index < -0.39 is 0 Å². The minimum atomic E-state index is 0.489. The van der Waals surface area contributed by atoms with Crippen LogP contribution in [0.15, 0.2) is 134 Å². The fraction of sp³-hybridized carbons (Fsp3) is 0.0513. The molecule has 0 aliphatic heterocycles. The fourth-order valence-electron chi connectivity index (χ4n) is 6.05. The predicted molar refractivity (Wildman–Crippen MR) is 178 cm³/mol. The Morgan fingerprint density at radius 2 is 1.36 bits per heavy atom. The Bertz CT molecular complexity index is 2320. The standard InChI is InChI=1S/C39H28N4O/c1-25-10-8-11-26(2)37(25)31-20-21-33(27-12-4-3-5-13-27)42-39(31)44-36-17-9-15-32(40-36)29-18-19-30-28(24-29)22-23-43-35-16-7-6-14-34(35)41-38(30)43/h3-24H,1-2H3. The quantitative estimate of drug-likeness (QED) is 0.207. The van der Waals surface area contributed by atoms with E-state index in [4.69, 9.17) is 19.7 Å². The van der Waals surface area contributed by atoms with Gasteiger partial charge in [-0.15, -0.1) is 0 Å². The molecule has 0 spiro atoms. The van der Waals surface area contributed by atoms with Crippen molar-refractivity contribution >= 4 is 27.5 Å². The lowest BCUT2D eigenvalue weighted by Gasteiger charge is -2.16. The van der Waals surface area contributed by atoms with Crippen LogP contribution in [0.4, 0.5) is 0 Å². The molecule has 8 aromatic rings. The van der Waals surface area contributed by atoms with Crippen LogP contribution in [0.2, 0.25) is 0 Å². The number of imidazole rings is 1. The number of nitrogens with zero attached hydrogens (tertiary/aromatic N) is 4. The second-order valence-corrected chi connectivity index (χ2v) is 11.1. The van der Waals surface area contributed by atoms with Gasteiger partial charge in [0.1, 0.15) is 5.65 Å². The minimum absolute atomic E-state index is 0.489. The van der Waals surface area contributed by atoms with Crippen LogP contribution in [0.3, 0.4) is 0 Å². The van der Waals surface area contributed by atoms with Crippen molar-refractivity contribution in [2.75, 3.05) is 0 Å². The van der Waals surface area contributed by atoms with Crippen LogP contribution in [-0.2, 0) is 0 Å². The Hall–Kier alpha value is -5.81. The smallest absolute Gasteiger partial charge is 0.229 e. The van der Waals surface area contributed by atoms with Gasteiger partial charge in [0.05, 0.1) is 22.4 Å². The van der Waals surface area contributed by atoms with Crippen molar-refractivity contribution in [1.29, 1.82) is 0 Å². The molecule has 210 valence electrons. The Kier molecular flexibility index (Phi) is 6.16. The Morgan fingerprint density at radius 1 is 0.591 bits per heavy atom. The molecule has 0 bridgehead atoms. The summed E-state index contributed by atoms with van der Waals surface area (Å²) < 4.78 is 8.69. The number of aromatic nitrogens is 4. The van der Waals surface area contributed by atoms with Gasteiger partial charge in [0.15, 0.2) is 0 Å². The van der Waals surface area contributed by atoms with E-state index in [0.29, 0.717) is 11.8 Å². The van der Waals surface area contributed by atoms with E-state index in [1.807, 2.05) is 54.6 Å². The summed E-state index contributed by atoms with van der Waals surface area (Å²) in [5.41, 5.74) is 11.1. The van der Waals surface area contributed by atoms with Crippen LogP contribution >= 0.6 is 0 Å². The molecule has 5 nitrogen and oxygen atoms in total. The summed E-state index contributed by atoms with van der Waals surface area (Å²) in [5, 5.41) is 2.20. The number of ether oxygens (including phenoxy) is 1. The average molecular weight is 569 g/mol. The molecule has 0 fully saturated rings. The van der Waals surface area contributed by atoms with Gasteiger partial charge in [0.2, 0.25) is 11.8 Å².